The van der Waals surface area contributed by atoms with Crippen LogP contribution in [0.25, 0.3) is 0 Å². The zero-order valence-electron chi connectivity index (χ0n) is 18.7. The van der Waals surface area contributed by atoms with Gasteiger partial charge in [-0.2, -0.15) is 0 Å². The fourth-order valence-electron chi connectivity index (χ4n) is 3.17. The number of amides is 1. The van der Waals surface area contributed by atoms with E-state index >= 15 is 0 Å². The van der Waals surface area contributed by atoms with E-state index in [2.05, 4.69) is 0 Å². The third-order valence-corrected chi connectivity index (χ3v) is 4.57. The molecule has 1 atom stereocenters. The van der Waals surface area contributed by atoms with Crippen LogP contribution in [-0.2, 0) is 32.0 Å². The van der Waals surface area contributed by atoms with E-state index in [1.807, 2.05) is 60.7 Å². The molecule has 0 aromatic heterocycles. The molecule has 2 aromatic rings. The van der Waals surface area contributed by atoms with Gasteiger partial charge in [0.1, 0.15) is 5.60 Å². The number of ether oxygens (including phenoxy) is 2. The third kappa shape index (κ3) is 8.62. The SMILES string of the molecule is COC(=O)[C@@H](CC(=O)CN(Cc1ccccc1)C(=O)OC(C)(C)C)Cc1ccccc1. The average molecular weight is 426 g/mol. The van der Waals surface area contributed by atoms with E-state index in [4.69, 9.17) is 9.47 Å². The van der Waals surface area contributed by atoms with Crippen LogP contribution in [0.3, 0.4) is 0 Å². The van der Waals surface area contributed by atoms with Crippen LogP contribution in [0.4, 0.5) is 4.79 Å². The van der Waals surface area contributed by atoms with Crippen molar-refractivity contribution in [3.63, 3.8) is 0 Å². The van der Waals surface area contributed by atoms with E-state index in [1.165, 1.54) is 12.0 Å². The van der Waals surface area contributed by atoms with Gasteiger partial charge in [-0.25, -0.2) is 4.79 Å². The molecule has 1 amide bonds. The zero-order valence-corrected chi connectivity index (χ0v) is 18.7. The second kappa shape index (κ2) is 11.3. The van der Waals surface area contributed by atoms with Crippen molar-refractivity contribution >= 4 is 17.8 Å². The predicted octanol–water partition coefficient (Wildman–Crippen LogP) is 4.41. The lowest BCUT2D eigenvalue weighted by atomic mass is 9.94. The van der Waals surface area contributed by atoms with Crippen molar-refractivity contribution in [3.05, 3.63) is 71.8 Å². The van der Waals surface area contributed by atoms with Gasteiger partial charge in [-0.05, 0) is 38.3 Å². The molecule has 0 spiro atoms. The molecule has 0 N–H and O–H groups in total. The molecule has 166 valence electrons. The number of methoxy groups -OCH3 is 1. The van der Waals surface area contributed by atoms with E-state index < -0.39 is 23.6 Å². The first kappa shape index (κ1) is 24.1. The van der Waals surface area contributed by atoms with E-state index in [9.17, 15) is 14.4 Å². The summed E-state index contributed by atoms with van der Waals surface area (Å²) in [6.45, 7) is 5.43. The fraction of sp³-hybridized carbons (Fsp3) is 0.400. The highest BCUT2D eigenvalue weighted by atomic mass is 16.6. The molecule has 0 aliphatic carbocycles. The quantitative estimate of drug-likeness (QED) is 0.556. The predicted molar refractivity (Wildman–Crippen MR) is 118 cm³/mol. The summed E-state index contributed by atoms with van der Waals surface area (Å²) in [4.78, 5) is 39.2. The van der Waals surface area contributed by atoms with Crippen molar-refractivity contribution in [3.8, 4) is 0 Å². The molecule has 0 fully saturated rings. The molecule has 0 heterocycles. The molecule has 6 nitrogen and oxygen atoms in total. The van der Waals surface area contributed by atoms with E-state index in [0.717, 1.165) is 11.1 Å². The third-order valence-electron chi connectivity index (χ3n) is 4.57. The van der Waals surface area contributed by atoms with Crippen LogP contribution in [0.15, 0.2) is 60.7 Å². The number of rotatable bonds is 9. The topological polar surface area (TPSA) is 72.9 Å². The van der Waals surface area contributed by atoms with Gasteiger partial charge in [0.2, 0.25) is 0 Å². The molecule has 0 aliphatic rings. The van der Waals surface area contributed by atoms with Crippen LogP contribution in [0.1, 0.15) is 38.3 Å². The van der Waals surface area contributed by atoms with Gasteiger partial charge in [-0.15, -0.1) is 0 Å². The molecule has 0 unspecified atom stereocenters. The first-order valence-corrected chi connectivity index (χ1v) is 10.3. The monoisotopic (exact) mass is 425 g/mol. The Balaban J connectivity index is 2.12. The number of hydrogen-bond donors (Lipinski definition) is 0. The minimum atomic E-state index is -0.684. The summed E-state index contributed by atoms with van der Waals surface area (Å²) in [5.41, 5.74) is 1.14. The number of esters is 1. The standard InChI is InChI=1S/C25H31NO5/c1-25(2,3)31-24(29)26(17-20-13-9-6-10-14-20)18-22(27)16-21(23(28)30-4)15-19-11-7-5-8-12-19/h5-14,21H,15-18H2,1-4H3/t21-/m1/s1. The number of carbonyl (C=O) groups is 3. The average Bonchev–Trinajstić information content (AvgIpc) is 2.72. The fourth-order valence-corrected chi connectivity index (χ4v) is 3.17. The molecule has 0 saturated carbocycles. The van der Waals surface area contributed by atoms with Gasteiger partial charge < -0.3 is 9.47 Å². The van der Waals surface area contributed by atoms with Crippen molar-refractivity contribution in [1.82, 2.24) is 4.90 Å². The van der Waals surface area contributed by atoms with Crippen LogP contribution >= 0.6 is 0 Å². The summed E-state index contributed by atoms with van der Waals surface area (Å²) in [6, 6.07) is 18.9. The summed E-state index contributed by atoms with van der Waals surface area (Å²) in [5.74, 6) is -1.28. The lowest BCUT2D eigenvalue weighted by Gasteiger charge is -2.27. The molecule has 0 saturated heterocycles. The van der Waals surface area contributed by atoms with Gasteiger partial charge in [0.05, 0.1) is 19.6 Å². The second-order valence-electron chi connectivity index (χ2n) is 8.47. The molecule has 2 rings (SSSR count). The first-order chi connectivity index (χ1) is 14.7. The maximum absolute atomic E-state index is 12.9. The summed E-state index contributed by atoms with van der Waals surface area (Å²) in [7, 11) is 1.31. The lowest BCUT2D eigenvalue weighted by molar-refractivity contribution is -0.147. The minimum absolute atomic E-state index is 0.0182. The van der Waals surface area contributed by atoms with Gasteiger partial charge in [-0.1, -0.05) is 60.7 Å². The minimum Gasteiger partial charge on any atom is -0.469 e. The van der Waals surface area contributed by atoms with E-state index in [-0.39, 0.29) is 25.3 Å². The Hall–Kier alpha value is -3.15. The van der Waals surface area contributed by atoms with Crippen LogP contribution in [-0.4, -0.2) is 42.0 Å². The molecular weight excluding hydrogens is 394 g/mol. The Kier molecular flexibility index (Phi) is 8.79. The van der Waals surface area contributed by atoms with Gasteiger partial charge in [0.25, 0.3) is 0 Å². The number of nitrogens with zero attached hydrogens (tertiary/aromatic N) is 1. The van der Waals surface area contributed by atoms with Crippen LogP contribution in [0.2, 0.25) is 0 Å². The second-order valence-corrected chi connectivity index (χ2v) is 8.47. The summed E-state index contributed by atoms with van der Waals surface area (Å²) in [5, 5.41) is 0. The Labute approximate surface area is 184 Å². The smallest absolute Gasteiger partial charge is 0.410 e. The van der Waals surface area contributed by atoms with Gasteiger partial charge in [-0.3, -0.25) is 14.5 Å². The summed E-state index contributed by atoms with van der Waals surface area (Å²) >= 11 is 0. The molecule has 2 aromatic carbocycles. The molecular formula is C25H31NO5. The number of ketones is 1. The van der Waals surface area contributed by atoms with Gasteiger partial charge in [0, 0.05) is 13.0 Å². The van der Waals surface area contributed by atoms with Crippen molar-refractivity contribution in [1.29, 1.82) is 0 Å². The van der Waals surface area contributed by atoms with E-state index in [1.54, 1.807) is 20.8 Å². The maximum atomic E-state index is 12.9. The molecule has 0 aliphatic heterocycles. The Morgan fingerprint density at radius 1 is 0.903 bits per heavy atom. The maximum Gasteiger partial charge on any atom is 0.410 e. The first-order valence-electron chi connectivity index (χ1n) is 10.3. The lowest BCUT2D eigenvalue weighted by Crippen LogP contribution is -2.40. The number of hydrogen-bond acceptors (Lipinski definition) is 5. The van der Waals surface area contributed by atoms with Crippen molar-refractivity contribution in [2.75, 3.05) is 13.7 Å². The molecule has 6 heteroatoms. The number of Topliss-reactive ketones (excluding diaryl/α,β-unsaturated/α-hetero) is 1. The van der Waals surface area contributed by atoms with Crippen LogP contribution < -0.4 is 0 Å². The normalized spacial score (nSPS) is 12.0. The largest absolute Gasteiger partial charge is 0.469 e. The zero-order chi connectivity index (χ0) is 22.9. The van der Waals surface area contributed by atoms with E-state index in [0.29, 0.717) is 6.42 Å². The highest BCUT2D eigenvalue weighted by molar-refractivity contribution is 5.88. The van der Waals surface area contributed by atoms with Crippen LogP contribution in [0.5, 0.6) is 0 Å². The van der Waals surface area contributed by atoms with Crippen molar-refractivity contribution in [2.24, 2.45) is 5.92 Å². The Morgan fingerprint density at radius 3 is 1.97 bits per heavy atom. The molecule has 0 bridgehead atoms. The molecule has 31 heavy (non-hydrogen) atoms. The van der Waals surface area contributed by atoms with Gasteiger partial charge >= 0.3 is 12.1 Å². The Bertz CT molecular complexity index is 858. The van der Waals surface area contributed by atoms with Crippen molar-refractivity contribution in [2.45, 2.75) is 45.8 Å². The number of benzene rings is 2. The highest BCUT2D eigenvalue weighted by Crippen LogP contribution is 2.17. The van der Waals surface area contributed by atoms with Crippen molar-refractivity contribution < 1.29 is 23.9 Å². The summed E-state index contributed by atoms with van der Waals surface area (Å²) in [6.07, 6.45) is -0.192. The Morgan fingerprint density at radius 2 is 1.45 bits per heavy atom. The van der Waals surface area contributed by atoms with Gasteiger partial charge in [0.15, 0.2) is 5.78 Å². The number of carbonyl (C=O) groups excluding carboxylic acids is 3. The van der Waals surface area contributed by atoms with Crippen LogP contribution in [0, 0.1) is 5.92 Å². The molecule has 0 radical (unpaired) electrons. The summed E-state index contributed by atoms with van der Waals surface area (Å²) < 4.78 is 10.4. The highest BCUT2D eigenvalue weighted by Gasteiger charge is 2.28.